The molecule has 21 heavy (non-hydrogen) atoms. The number of carbonyl (C=O) groups is 1. The van der Waals surface area contributed by atoms with Crippen LogP contribution in [0.1, 0.15) is 18.1 Å². The molecule has 0 aromatic heterocycles. The summed E-state index contributed by atoms with van der Waals surface area (Å²) in [7, 11) is 1.66. The minimum atomic E-state index is -0.0645. The van der Waals surface area contributed by atoms with Gasteiger partial charge >= 0.3 is 0 Å². The van der Waals surface area contributed by atoms with Crippen LogP contribution < -0.4 is 15.4 Å². The third kappa shape index (κ3) is 4.24. The second-order valence-corrected chi connectivity index (χ2v) is 4.94. The van der Waals surface area contributed by atoms with Gasteiger partial charge in [-0.1, -0.05) is 18.2 Å². The lowest BCUT2D eigenvalue weighted by Gasteiger charge is -2.12. The van der Waals surface area contributed by atoms with Crippen molar-refractivity contribution < 1.29 is 9.53 Å². The van der Waals surface area contributed by atoms with Crippen LogP contribution in [0.3, 0.4) is 0 Å². The number of aryl methyl sites for hydroxylation is 1. The lowest BCUT2D eigenvalue weighted by Crippen LogP contribution is -2.06. The van der Waals surface area contributed by atoms with E-state index in [-0.39, 0.29) is 5.91 Å². The molecule has 2 aromatic rings. The average Bonchev–Trinajstić information content (AvgIpc) is 2.46. The molecule has 0 aliphatic carbocycles. The fraction of sp³-hybridized carbons (Fsp3) is 0.235. The normalized spacial score (nSPS) is 10.0. The molecule has 110 valence electrons. The summed E-state index contributed by atoms with van der Waals surface area (Å²) in [6, 6.07) is 13.8. The van der Waals surface area contributed by atoms with Crippen molar-refractivity contribution in [3.05, 3.63) is 53.6 Å². The SMILES string of the molecule is COc1ccc(C)cc1NCc1ccc(NC(C)=O)cc1. The van der Waals surface area contributed by atoms with Gasteiger partial charge in [-0.15, -0.1) is 0 Å². The van der Waals surface area contributed by atoms with Crippen LogP contribution in [0.4, 0.5) is 11.4 Å². The van der Waals surface area contributed by atoms with Crippen LogP contribution in [0.15, 0.2) is 42.5 Å². The van der Waals surface area contributed by atoms with Crippen LogP contribution in [-0.2, 0) is 11.3 Å². The van der Waals surface area contributed by atoms with Gasteiger partial charge in [-0.3, -0.25) is 4.79 Å². The van der Waals surface area contributed by atoms with Gasteiger partial charge in [0.05, 0.1) is 12.8 Å². The van der Waals surface area contributed by atoms with Crippen molar-refractivity contribution in [3.63, 3.8) is 0 Å². The summed E-state index contributed by atoms with van der Waals surface area (Å²) in [5, 5.41) is 6.12. The smallest absolute Gasteiger partial charge is 0.221 e. The highest BCUT2D eigenvalue weighted by molar-refractivity contribution is 5.88. The lowest BCUT2D eigenvalue weighted by atomic mass is 10.1. The zero-order valence-corrected chi connectivity index (χ0v) is 12.6. The van der Waals surface area contributed by atoms with E-state index >= 15 is 0 Å². The number of anilines is 2. The molecule has 0 atom stereocenters. The van der Waals surface area contributed by atoms with E-state index in [0.29, 0.717) is 6.54 Å². The number of hydrogen-bond acceptors (Lipinski definition) is 3. The summed E-state index contributed by atoms with van der Waals surface area (Å²) in [6.07, 6.45) is 0. The van der Waals surface area contributed by atoms with Gasteiger partial charge in [-0.05, 0) is 42.3 Å². The summed E-state index contributed by atoms with van der Waals surface area (Å²) in [5.74, 6) is 0.765. The Balaban J connectivity index is 2.03. The average molecular weight is 284 g/mol. The van der Waals surface area contributed by atoms with Crippen LogP contribution in [-0.4, -0.2) is 13.0 Å². The molecule has 2 N–H and O–H groups in total. The first kappa shape index (κ1) is 14.9. The third-order valence-electron chi connectivity index (χ3n) is 3.11. The third-order valence-corrected chi connectivity index (χ3v) is 3.11. The quantitative estimate of drug-likeness (QED) is 0.882. The predicted molar refractivity (Wildman–Crippen MR) is 85.8 cm³/mol. The van der Waals surface area contributed by atoms with Crippen molar-refractivity contribution in [1.82, 2.24) is 0 Å². The number of carbonyl (C=O) groups excluding carboxylic acids is 1. The van der Waals surface area contributed by atoms with Gasteiger partial charge in [0.1, 0.15) is 5.75 Å². The fourth-order valence-electron chi connectivity index (χ4n) is 2.07. The molecule has 0 bridgehead atoms. The molecule has 0 radical (unpaired) electrons. The van der Waals surface area contributed by atoms with Crippen LogP contribution in [0.25, 0.3) is 0 Å². The zero-order valence-electron chi connectivity index (χ0n) is 12.6. The van der Waals surface area contributed by atoms with Crippen molar-refractivity contribution in [2.75, 3.05) is 17.7 Å². The molecule has 4 heteroatoms. The first-order valence-electron chi connectivity index (χ1n) is 6.83. The molecule has 2 aromatic carbocycles. The molecule has 0 unspecified atom stereocenters. The maximum absolute atomic E-state index is 11.0. The molecule has 0 saturated heterocycles. The minimum Gasteiger partial charge on any atom is -0.495 e. The summed E-state index contributed by atoms with van der Waals surface area (Å²) in [4.78, 5) is 11.0. The van der Waals surface area contributed by atoms with Crippen LogP contribution in [0, 0.1) is 6.92 Å². The number of rotatable bonds is 5. The molecule has 0 aliphatic rings. The second-order valence-electron chi connectivity index (χ2n) is 4.94. The molecular weight excluding hydrogens is 264 g/mol. The van der Waals surface area contributed by atoms with Gasteiger partial charge in [0.25, 0.3) is 0 Å². The molecule has 0 heterocycles. The van der Waals surface area contributed by atoms with Crippen molar-refractivity contribution in [3.8, 4) is 5.75 Å². The van der Waals surface area contributed by atoms with E-state index in [4.69, 9.17) is 4.74 Å². The molecule has 0 spiro atoms. The molecule has 2 rings (SSSR count). The molecule has 0 aliphatic heterocycles. The van der Waals surface area contributed by atoms with Crippen molar-refractivity contribution in [2.24, 2.45) is 0 Å². The number of benzene rings is 2. The van der Waals surface area contributed by atoms with E-state index in [1.54, 1.807) is 7.11 Å². The Morgan fingerprint density at radius 1 is 1.14 bits per heavy atom. The molecular formula is C17H20N2O2. The number of hydrogen-bond donors (Lipinski definition) is 2. The fourth-order valence-corrected chi connectivity index (χ4v) is 2.07. The van der Waals surface area contributed by atoms with Gasteiger partial charge in [-0.25, -0.2) is 0 Å². The number of ether oxygens (including phenoxy) is 1. The summed E-state index contributed by atoms with van der Waals surface area (Å²) >= 11 is 0. The van der Waals surface area contributed by atoms with Gasteiger partial charge in [0.2, 0.25) is 5.91 Å². The van der Waals surface area contributed by atoms with Crippen molar-refractivity contribution in [2.45, 2.75) is 20.4 Å². The van der Waals surface area contributed by atoms with E-state index in [2.05, 4.69) is 16.7 Å². The Bertz CT molecular complexity index is 621. The highest BCUT2D eigenvalue weighted by atomic mass is 16.5. The Kier molecular flexibility index (Phi) is 4.82. The van der Waals surface area contributed by atoms with Gasteiger partial charge < -0.3 is 15.4 Å². The monoisotopic (exact) mass is 284 g/mol. The van der Waals surface area contributed by atoms with Crippen molar-refractivity contribution >= 4 is 17.3 Å². The second kappa shape index (κ2) is 6.79. The van der Waals surface area contributed by atoms with Gasteiger partial charge in [0, 0.05) is 19.2 Å². The summed E-state index contributed by atoms with van der Waals surface area (Å²) in [6.45, 7) is 4.24. The van der Waals surface area contributed by atoms with Crippen molar-refractivity contribution in [1.29, 1.82) is 0 Å². The molecule has 0 fully saturated rings. The highest BCUT2D eigenvalue weighted by Gasteiger charge is 2.03. The van der Waals surface area contributed by atoms with Crippen LogP contribution in [0.5, 0.6) is 5.75 Å². The highest BCUT2D eigenvalue weighted by Crippen LogP contribution is 2.25. The van der Waals surface area contributed by atoms with E-state index in [0.717, 1.165) is 22.7 Å². The Morgan fingerprint density at radius 2 is 1.86 bits per heavy atom. The van der Waals surface area contributed by atoms with E-state index in [1.807, 2.05) is 43.3 Å². The standard InChI is InChI=1S/C17H20N2O2/c1-12-4-9-17(21-3)16(10-12)18-11-14-5-7-15(8-6-14)19-13(2)20/h4-10,18H,11H2,1-3H3,(H,19,20). The first-order chi connectivity index (χ1) is 10.1. The Labute approximate surface area is 125 Å². The van der Waals surface area contributed by atoms with Crippen LogP contribution in [0.2, 0.25) is 0 Å². The van der Waals surface area contributed by atoms with E-state index < -0.39 is 0 Å². The Morgan fingerprint density at radius 3 is 2.48 bits per heavy atom. The molecule has 4 nitrogen and oxygen atoms in total. The van der Waals surface area contributed by atoms with Crippen LogP contribution >= 0.6 is 0 Å². The van der Waals surface area contributed by atoms with Gasteiger partial charge in [-0.2, -0.15) is 0 Å². The molecule has 0 saturated carbocycles. The summed E-state index contributed by atoms with van der Waals surface area (Å²) in [5.41, 5.74) is 4.09. The number of amides is 1. The predicted octanol–water partition coefficient (Wildman–Crippen LogP) is 3.57. The maximum atomic E-state index is 11.0. The molecule has 1 amide bonds. The summed E-state index contributed by atoms with van der Waals surface area (Å²) < 4.78 is 5.34. The largest absolute Gasteiger partial charge is 0.495 e. The Hall–Kier alpha value is -2.49. The number of nitrogens with one attached hydrogen (secondary N) is 2. The first-order valence-corrected chi connectivity index (χ1v) is 6.83. The minimum absolute atomic E-state index is 0.0645. The topological polar surface area (TPSA) is 50.4 Å². The maximum Gasteiger partial charge on any atom is 0.221 e. The zero-order chi connectivity index (χ0) is 15.2. The lowest BCUT2D eigenvalue weighted by molar-refractivity contribution is -0.114. The van der Waals surface area contributed by atoms with E-state index in [1.165, 1.54) is 12.5 Å². The number of methoxy groups -OCH3 is 1. The van der Waals surface area contributed by atoms with Gasteiger partial charge in [0.15, 0.2) is 0 Å². The van der Waals surface area contributed by atoms with E-state index in [9.17, 15) is 4.79 Å².